The number of likely N-dealkylation sites (N-methyl/N-ethyl adjacent to an activating group) is 1. The minimum absolute atomic E-state index is 0.0199. The molecule has 0 bridgehead atoms. The van der Waals surface area contributed by atoms with Crippen LogP contribution in [0.1, 0.15) is 25.3 Å². The van der Waals surface area contributed by atoms with E-state index in [1.54, 1.807) is 19.0 Å². The molecule has 0 radical (unpaired) electrons. The molecule has 2 heterocycles. The molecule has 1 amide bonds. The van der Waals surface area contributed by atoms with Crippen molar-refractivity contribution in [3.8, 4) is 0 Å². The molecule has 0 aromatic heterocycles. The highest BCUT2D eigenvalue weighted by Gasteiger charge is 2.43. The number of para-hydroxylation sites is 1. The molecule has 0 saturated carbocycles. The van der Waals surface area contributed by atoms with Crippen molar-refractivity contribution in [3.05, 3.63) is 29.8 Å². The largest absolute Gasteiger partial charge is 0.388 e. The van der Waals surface area contributed by atoms with Crippen molar-refractivity contribution < 1.29 is 14.6 Å². The summed E-state index contributed by atoms with van der Waals surface area (Å²) in [6, 6.07) is 8.41. The van der Waals surface area contributed by atoms with E-state index in [9.17, 15) is 9.90 Å². The molecular weight excluding hydrogens is 342 g/mol. The Morgan fingerprint density at radius 3 is 2.52 bits per heavy atom. The average molecular weight is 376 g/mol. The third-order valence-corrected chi connectivity index (χ3v) is 5.88. The van der Waals surface area contributed by atoms with E-state index in [1.165, 1.54) is 11.3 Å². The molecule has 1 aromatic rings. The van der Waals surface area contributed by atoms with Crippen molar-refractivity contribution in [3.63, 3.8) is 0 Å². The van der Waals surface area contributed by atoms with E-state index in [0.717, 1.165) is 32.5 Å². The summed E-state index contributed by atoms with van der Waals surface area (Å²) >= 11 is 0. The predicted octanol–water partition coefficient (Wildman–Crippen LogP) is 1.51. The molecule has 2 aliphatic heterocycles. The van der Waals surface area contributed by atoms with Gasteiger partial charge in [0.1, 0.15) is 0 Å². The molecule has 1 atom stereocenters. The number of anilines is 1. The van der Waals surface area contributed by atoms with Crippen LogP contribution in [0.2, 0.25) is 0 Å². The summed E-state index contributed by atoms with van der Waals surface area (Å²) in [6.45, 7) is 8.06. The molecule has 6 heteroatoms. The van der Waals surface area contributed by atoms with Crippen LogP contribution < -0.4 is 4.90 Å². The second-order valence-electron chi connectivity index (χ2n) is 8.49. The number of hydrogen-bond acceptors (Lipinski definition) is 5. The first-order valence-corrected chi connectivity index (χ1v) is 9.83. The molecule has 6 nitrogen and oxygen atoms in total. The van der Waals surface area contributed by atoms with Gasteiger partial charge in [0.15, 0.2) is 5.60 Å². The number of β-amino-alcohol motifs (C(OH)–C–C–N with tert-alkyl or cyclic N) is 1. The minimum Gasteiger partial charge on any atom is -0.388 e. The van der Waals surface area contributed by atoms with E-state index < -0.39 is 11.2 Å². The van der Waals surface area contributed by atoms with Crippen LogP contribution in [0.4, 0.5) is 5.69 Å². The van der Waals surface area contributed by atoms with Gasteiger partial charge in [-0.1, -0.05) is 18.2 Å². The van der Waals surface area contributed by atoms with Crippen molar-refractivity contribution in [1.82, 2.24) is 9.80 Å². The van der Waals surface area contributed by atoms with Gasteiger partial charge in [-0.05, 0) is 38.3 Å². The number of ether oxygens (including phenoxy) is 1. The highest BCUT2D eigenvalue weighted by molar-refractivity contribution is 5.84. The molecule has 2 saturated heterocycles. The van der Waals surface area contributed by atoms with Crippen LogP contribution in [0.3, 0.4) is 0 Å². The van der Waals surface area contributed by atoms with Crippen LogP contribution in [0.15, 0.2) is 24.3 Å². The zero-order chi connectivity index (χ0) is 19.7. The number of morpholine rings is 1. The van der Waals surface area contributed by atoms with Crippen LogP contribution >= 0.6 is 0 Å². The van der Waals surface area contributed by atoms with E-state index in [0.29, 0.717) is 19.7 Å². The monoisotopic (exact) mass is 375 g/mol. The first-order chi connectivity index (χ1) is 12.7. The lowest BCUT2D eigenvalue weighted by Crippen LogP contribution is -2.61. The number of benzene rings is 1. The molecule has 27 heavy (non-hydrogen) atoms. The number of hydrogen-bond donors (Lipinski definition) is 1. The molecule has 0 spiro atoms. The van der Waals surface area contributed by atoms with Gasteiger partial charge in [-0.25, -0.2) is 0 Å². The maximum Gasteiger partial charge on any atom is 0.255 e. The maximum atomic E-state index is 12.5. The van der Waals surface area contributed by atoms with E-state index >= 15 is 0 Å². The van der Waals surface area contributed by atoms with Crippen LogP contribution in [0, 0.1) is 6.92 Å². The zero-order valence-electron chi connectivity index (χ0n) is 17.1. The van der Waals surface area contributed by atoms with Gasteiger partial charge in [0.05, 0.1) is 12.2 Å². The summed E-state index contributed by atoms with van der Waals surface area (Å²) in [4.78, 5) is 18.6. The zero-order valence-corrected chi connectivity index (χ0v) is 17.1. The lowest BCUT2D eigenvalue weighted by Gasteiger charge is -2.46. The van der Waals surface area contributed by atoms with Crippen molar-refractivity contribution in [2.24, 2.45) is 0 Å². The first kappa shape index (κ1) is 20.1. The van der Waals surface area contributed by atoms with Crippen LogP contribution in [0.25, 0.3) is 0 Å². The summed E-state index contributed by atoms with van der Waals surface area (Å²) in [5.74, 6) is -0.0199. The van der Waals surface area contributed by atoms with Gasteiger partial charge in [-0.2, -0.15) is 0 Å². The lowest BCUT2D eigenvalue weighted by atomic mass is 9.89. The Bertz CT molecular complexity index is 670. The predicted molar refractivity (Wildman–Crippen MR) is 107 cm³/mol. The second-order valence-corrected chi connectivity index (χ2v) is 8.49. The normalized spacial score (nSPS) is 26.0. The van der Waals surface area contributed by atoms with Crippen molar-refractivity contribution in [1.29, 1.82) is 0 Å². The highest BCUT2D eigenvalue weighted by atomic mass is 16.5. The van der Waals surface area contributed by atoms with E-state index in [2.05, 4.69) is 41.0 Å². The fraction of sp³-hybridized carbons (Fsp3) is 0.667. The Labute approximate surface area is 162 Å². The Balaban J connectivity index is 1.60. The quantitative estimate of drug-likeness (QED) is 0.865. The molecule has 2 fully saturated rings. The Kier molecular flexibility index (Phi) is 5.79. The van der Waals surface area contributed by atoms with E-state index in [-0.39, 0.29) is 5.91 Å². The van der Waals surface area contributed by atoms with Gasteiger partial charge < -0.3 is 19.6 Å². The molecule has 1 aromatic carbocycles. The number of aryl methyl sites for hydroxylation is 1. The third-order valence-electron chi connectivity index (χ3n) is 5.88. The highest BCUT2D eigenvalue weighted by Crippen LogP contribution is 2.30. The van der Waals surface area contributed by atoms with Crippen molar-refractivity contribution >= 4 is 11.6 Å². The van der Waals surface area contributed by atoms with Crippen molar-refractivity contribution in [2.45, 2.75) is 37.9 Å². The number of carbonyl (C=O) groups is 1. The second kappa shape index (κ2) is 7.78. The number of aliphatic hydroxyl groups is 1. The van der Waals surface area contributed by atoms with Crippen LogP contribution in [-0.2, 0) is 9.53 Å². The summed E-state index contributed by atoms with van der Waals surface area (Å²) in [6.07, 6.45) is 1.47. The Morgan fingerprint density at radius 2 is 1.89 bits per heavy atom. The molecule has 0 unspecified atom stereocenters. The number of carbonyl (C=O) groups excluding carboxylic acids is 1. The standard InChI is InChI=1S/C21H33N3O3/c1-17-7-5-6-8-18(17)24-11-9-21(26,10-12-24)16-23-13-14-27-20(2,15-23)19(25)22(3)4/h5-8,26H,9-16H2,1-4H3/t20-/m1/s1. The Morgan fingerprint density at radius 1 is 1.22 bits per heavy atom. The smallest absolute Gasteiger partial charge is 0.255 e. The topological polar surface area (TPSA) is 56.2 Å². The summed E-state index contributed by atoms with van der Waals surface area (Å²) in [7, 11) is 3.51. The third kappa shape index (κ3) is 4.45. The van der Waals surface area contributed by atoms with Gasteiger partial charge in [-0.3, -0.25) is 9.69 Å². The summed E-state index contributed by atoms with van der Waals surface area (Å²) in [5, 5.41) is 11.2. The molecule has 0 aliphatic carbocycles. The van der Waals surface area contributed by atoms with Gasteiger partial charge >= 0.3 is 0 Å². The van der Waals surface area contributed by atoms with Gasteiger partial charge in [0.2, 0.25) is 0 Å². The SMILES string of the molecule is Cc1ccccc1N1CCC(O)(CN2CCO[C@@](C)(C(=O)N(C)C)C2)CC1. The molecule has 3 rings (SSSR count). The summed E-state index contributed by atoms with van der Waals surface area (Å²) in [5.41, 5.74) is 0.989. The molecule has 150 valence electrons. The molecule has 2 aliphatic rings. The fourth-order valence-corrected chi connectivity index (χ4v) is 4.35. The summed E-state index contributed by atoms with van der Waals surface area (Å²) < 4.78 is 5.81. The first-order valence-electron chi connectivity index (χ1n) is 9.83. The number of rotatable bonds is 4. The maximum absolute atomic E-state index is 12.5. The van der Waals surface area contributed by atoms with Gasteiger partial charge in [0.25, 0.3) is 5.91 Å². The van der Waals surface area contributed by atoms with Gasteiger partial charge in [-0.15, -0.1) is 0 Å². The lowest BCUT2D eigenvalue weighted by molar-refractivity contribution is -0.168. The average Bonchev–Trinajstić information content (AvgIpc) is 2.62. The molecular formula is C21H33N3O3. The minimum atomic E-state index is -0.833. The van der Waals surface area contributed by atoms with Crippen molar-refractivity contribution in [2.75, 3.05) is 58.3 Å². The van der Waals surface area contributed by atoms with E-state index in [4.69, 9.17) is 4.74 Å². The fourth-order valence-electron chi connectivity index (χ4n) is 4.35. The van der Waals surface area contributed by atoms with E-state index in [1.807, 2.05) is 6.92 Å². The van der Waals surface area contributed by atoms with Crippen LogP contribution in [-0.4, -0.2) is 85.4 Å². The molecule has 1 N–H and O–H groups in total. The van der Waals surface area contributed by atoms with Crippen LogP contribution in [0.5, 0.6) is 0 Å². The Hall–Kier alpha value is -1.63. The van der Waals surface area contributed by atoms with Gasteiger partial charge in [0, 0.05) is 52.5 Å². The number of nitrogens with zero attached hydrogens (tertiary/aromatic N) is 3. The number of amides is 1. The number of piperidine rings is 1.